The van der Waals surface area contributed by atoms with E-state index in [9.17, 15) is 5.11 Å². The molecule has 0 amide bonds. The van der Waals surface area contributed by atoms with Crippen LogP contribution in [0.25, 0.3) is 0 Å². The highest BCUT2D eigenvalue weighted by Gasteiger charge is 2.07. The molecule has 0 spiro atoms. The molecule has 1 aromatic rings. The van der Waals surface area contributed by atoms with Gasteiger partial charge in [-0.15, -0.1) is 0 Å². The first-order valence-electron chi connectivity index (χ1n) is 3.97. The van der Waals surface area contributed by atoms with Crippen LogP contribution in [0.5, 0.6) is 5.75 Å². The van der Waals surface area contributed by atoms with Gasteiger partial charge in [0.05, 0.1) is 13.2 Å². The third-order valence-corrected chi connectivity index (χ3v) is 1.84. The predicted molar refractivity (Wildman–Crippen MR) is 48.4 cm³/mol. The molecule has 1 rings (SSSR count). The lowest BCUT2D eigenvalue weighted by Crippen LogP contribution is -1.96. The number of aliphatic hydroxyl groups excluding tert-OH is 1. The molecule has 66 valence electrons. The average molecular weight is 166 g/mol. The summed E-state index contributed by atoms with van der Waals surface area (Å²) < 4.78 is 5.13. The molecule has 2 nitrogen and oxygen atoms in total. The molecular formula is C10H14O2. The molecule has 2 heteroatoms. The van der Waals surface area contributed by atoms with Crippen LogP contribution in [-0.2, 0) is 0 Å². The lowest BCUT2D eigenvalue weighted by Gasteiger charge is -2.10. The van der Waals surface area contributed by atoms with Gasteiger partial charge in [0, 0.05) is 5.56 Å². The van der Waals surface area contributed by atoms with Crippen molar-refractivity contribution in [2.75, 3.05) is 7.11 Å². The molecule has 0 aliphatic rings. The van der Waals surface area contributed by atoms with Crippen LogP contribution in [0.1, 0.15) is 24.2 Å². The van der Waals surface area contributed by atoms with Crippen LogP contribution in [-0.4, -0.2) is 12.2 Å². The molecule has 1 aromatic carbocycles. The van der Waals surface area contributed by atoms with Crippen molar-refractivity contribution in [1.82, 2.24) is 0 Å². The van der Waals surface area contributed by atoms with E-state index in [1.54, 1.807) is 14.0 Å². The van der Waals surface area contributed by atoms with Gasteiger partial charge in [-0.3, -0.25) is 0 Å². The summed E-state index contributed by atoms with van der Waals surface area (Å²) in [5.74, 6) is 0.755. The van der Waals surface area contributed by atoms with Crippen molar-refractivity contribution in [2.45, 2.75) is 20.0 Å². The van der Waals surface area contributed by atoms with Crippen molar-refractivity contribution < 1.29 is 9.84 Å². The van der Waals surface area contributed by atoms with Crippen molar-refractivity contribution in [3.05, 3.63) is 29.3 Å². The summed E-state index contributed by atoms with van der Waals surface area (Å²) in [6.45, 7) is 3.72. The van der Waals surface area contributed by atoms with Gasteiger partial charge in [0.15, 0.2) is 0 Å². The number of methoxy groups -OCH3 is 1. The van der Waals surface area contributed by atoms with Crippen LogP contribution < -0.4 is 4.74 Å². The number of aryl methyl sites for hydroxylation is 1. The van der Waals surface area contributed by atoms with Crippen molar-refractivity contribution in [3.8, 4) is 5.75 Å². The highest BCUT2D eigenvalue weighted by atomic mass is 16.5. The second kappa shape index (κ2) is 3.59. The zero-order chi connectivity index (χ0) is 9.14. The van der Waals surface area contributed by atoms with Crippen LogP contribution in [0.2, 0.25) is 0 Å². The molecule has 0 aliphatic carbocycles. The molecule has 0 radical (unpaired) electrons. The van der Waals surface area contributed by atoms with E-state index in [-0.39, 0.29) is 0 Å². The minimum atomic E-state index is -0.472. The third-order valence-electron chi connectivity index (χ3n) is 1.84. The zero-order valence-electron chi connectivity index (χ0n) is 7.66. The summed E-state index contributed by atoms with van der Waals surface area (Å²) in [6, 6.07) is 5.77. The highest BCUT2D eigenvalue weighted by Crippen LogP contribution is 2.25. The van der Waals surface area contributed by atoms with Gasteiger partial charge >= 0.3 is 0 Å². The third kappa shape index (κ3) is 1.77. The van der Waals surface area contributed by atoms with Gasteiger partial charge in [0.2, 0.25) is 0 Å². The minimum Gasteiger partial charge on any atom is -0.496 e. The molecule has 0 saturated heterocycles. The van der Waals surface area contributed by atoms with Crippen molar-refractivity contribution in [1.29, 1.82) is 0 Å². The van der Waals surface area contributed by atoms with Crippen LogP contribution >= 0.6 is 0 Å². The Balaban J connectivity index is 3.11. The monoisotopic (exact) mass is 166 g/mol. The van der Waals surface area contributed by atoms with Gasteiger partial charge in [-0.25, -0.2) is 0 Å². The molecule has 0 bridgehead atoms. The number of hydrogen-bond donors (Lipinski definition) is 1. The maximum absolute atomic E-state index is 9.35. The number of ether oxygens (including phenoxy) is 1. The first-order valence-corrected chi connectivity index (χ1v) is 3.97. The Morgan fingerprint density at radius 3 is 2.58 bits per heavy atom. The molecule has 0 fully saturated rings. The summed E-state index contributed by atoms with van der Waals surface area (Å²) in [6.07, 6.45) is -0.472. The minimum absolute atomic E-state index is 0.472. The molecule has 0 heterocycles. The van der Waals surface area contributed by atoms with E-state index < -0.39 is 6.10 Å². The van der Waals surface area contributed by atoms with Crippen LogP contribution in [0.4, 0.5) is 0 Å². The molecule has 0 unspecified atom stereocenters. The van der Waals surface area contributed by atoms with E-state index in [1.807, 2.05) is 25.1 Å². The molecule has 1 atom stereocenters. The lowest BCUT2D eigenvalue weighted by molar-refractivity contribution is 0.194. The normalized spacial score (nSPS) is 12.7. The standard InChI is InChI=1S/C10H14O2/c1-7-4-5-9(8(2)11)10(6-7)12-3/h4-6,8,11H,1-3H3/t8-/m0/s1. The van der Waals surface area contributed by atoms with Gasteiger partial charge in [-0.1, -0.05) is 12.1 Å². The van der Waals surface area contributed by atoms with E-state index >= 15 is 0 Å². The Labute approximate surface area is 72.8 Å². The SMILES string of the molecule is COc1cc(C)ccc1[C@H](C)O. The van der Waals surface area contributed by atoms with Gasteiger partial charge in [-0.05, 0) is 25.5 Å². The van der Waals surface area contributed by atoms with E-state index in [2.05, 4.69) is 0 Å². The summed E-state index contributed by atoms with van der Waals surface area (Å²) in [4.78, 5) is 0. The Morgan fingerprint density at radius 2 is 2.08 bits per heavy atom. The number of rotatable bonds is 2. The Morgan fingerprint density at radius 1 is 1.42 bits per heavy atom. The number of hydrogen-bond acceptors (Lipinski definition) is 2. The zero-order valence-corrected chi connectivity index (χ0v) is 7.66. The Hall–Kier alpha value is -1.02. The molecular weight excluding hydrogens is 152 g/mol. The fraction of sp³-hybridized carbons (Fsp3) is 0.400. The average Bonchev–Trinajstić information content (AvgIpc) is 2.03. The molecule has 1 N–H and O–H groups in total. The van der Waals surface area contributed by atoms with E-state index in [4.69, 9.17) is 4.74 Å². The quantitative estimate of drug-likeness (QED) is 0.728. The van der Waals surface area contributed by atoms with Gasteiger partial charge < -0.3 is 9.84 Å². The topological polar surface area (TPSA) is 29.5 Å². The summed E-state index contributed by atoms with van der Waals surface area (Å²) in [5.41, 5.74) is 1.97. The fourth-order valence-corrected chi connectivity index (χ4v) is 1.16. The lowest BCUT2D eigenvalue weighted by atomic mass is 10.1. The predicted octanol–water partition coefficient (Wildman–Crippen LogP) is 2.06. The molecule has 12 heavy (non-hydrogen) atoms. The van der Waals surface area contributed by atoms with Crippen LogP contribution in [0, 0.1) is 6.92 Å². The van der Waals surface area contributed by atoms with E-state index in [1.165, 1.54) is 0 Å². The molecule has 0 saturated carbocycles. The van der Waals surface area contributed by atoms with Gasteiger partial charge in [0.1, 0.15) is 5.75 Å². The highest BCUT2D eigenvalue weighted by molar-refractivity contribution is 5.38. The number of benzene rings is 1. The summed E-state index contributed by atoms with van der Waals surface area (Å²) in [7, 11) is 1.61. The van der Waals surface area contributed by atoms with Crippen LogP contribution in [0.3, 0.4) is 0 Å². The largest absolute Gasteiger partial charge is 0.496 e. The first-order chi connectivity index (χ1) is 5.65. The maximum atomic E-state index is 9.35. The summed E-state index contributed by atoms with van der Waals surface area (Å²) >= 11 is 0. The van der Waals surface area contributed by atoms with Gasteiger partial charge in [0.25, 0.3) is 0 Å². The first kappa shape index (κ1) is 9.07. The van der Waals surface area contributed by atoms with Crippen LogP contribution in [0.15, 0.2) is 18.2 Å². The van der Waals surface area contributed by atoms with Crippen molar-refractivity contribution >= 4 is 0 Å². The van der Waals surface area contributed by atoms with Crippen molar-refractivity contribution in [2.24, 2.45) is 0 Å². The Kier molecular flexibility index (Phi) is 2.71. The molecule has 0 aromatic heterocycles. The smallest absolute Gasteiger partial charge is 0.124 e. The van der Waals surface area contributed by atoms with E-state index in [0.717, 1.165) is 16.9 Å². The summed E-state index contributed by atoms with van der Waals surface area (Å²) in [5, 5.41) is 9.35. The molecule has 0 aliphatic heterocycles. The second-order valence-electron chi connectivity index (χ2n) is 2.92. The van der Waals surface area contributed by atoms with Crippen molar-refractivity contribution in [3.63, 3.8) is 0 Å². The maximum Gasteiger partial charge on any atom is 0.124 e. The number of aliphatic hydroxyl groups is 1. The Bertz CT molecular complexity index is 267. The fourth-order valence-electron chi connectivity index (χ4n) is 1.16. The second-order valence-corrected chi connectivity index (χ2v) is 2.92. The van der Waals surface area contributed by atoms with Gasteiger partial charge in [-0.2, -0.15) is 0 Å². The van der Waals surface area contributed by atoms with E-state index in [0.29, 0.717) is 0 Å².